The molecule has 0 fully saturated rings. The molecule has 3 aromatic rings. The van der Waals surface area contributed by atoms with Crippen molar-refractivity contribution in [2.75, 3.05) is 5.01 Å². The highest BCUT2D eigenvalue weighted by Crippen LogP contribution is 2.39. The maximum absolute atomic E-state index is 14.4. The Kier molecular flexibility index (Phi) is 8.63. The lowest BCUT2D eigenvalue weighted by atomic mass is 9.85. The molecule has 0 bridgehead atoms. The number of aliphatic carboxylic acids is 1. The van der Waals surface area contributed by atoms with E-state index in [9.17, 15) is 32.6 Å². The van der Waals surface area contributed by atoms with Crippen LogP contribution in [0.25, 0.3) is 11.1 Å². The number of carboxylic acids is 1. The van der Waals surface area contributed by atoms with Gasteiger partial charge in [0, 0.05) is 11.5 Å². The first-order chi connectivity index (χ1) is 18.9. The predicted molar refractivity (Wildman–Crippen MR) is 147 cm³/mol. The van der Waals surface area contributed by atoms with Gasteiger partial charge < -0.3 is 10.2 Å². The zero-order valence-electron chi connectivity index (χ0n) is 22.5. The van der Waals surface area contributed by atoms with Crippen LogP contribution in [-0.2, 0) is 17.8 Å². The molecule has 3 aromatic carbocycles. The number of aliphatic hydroxyl groups is 1. The van der Waals surface area contributed by atoms with Crippen LogP contribution in [0.2, 0.25) is 0 Å². The van der Waals surface area contributed by atoms with E-state index >= 15 is 0 Å². The van der Waals surface area contributed by atoms with Gasteiger partial charge in [-0.1, -0.05) is 50.2 Å². The zero-order chi connectivity index (χ0) is 29.2. The molecule has 0 amide bonds. The zero-order valence-corrected chi connectivity index (χ0v) is 22.5. The summed E-state index contributed by atoms with van der Waals surface area (Å²) in [5, 5.41) is 24.0. The van der Waals surface area contributed by atoms with Crippen LogP contribution in [-0.4, -0.2) is 34.1 Å². The molecule has 0 radical (unpaired) electrons. The molecule has 2 N–H and O–H groups in total. The lowest BCUT2D eigenvalue weighted by Crippen LogP contribution is -2.39. The molecule has 0 aliphatic carbocycles. The molecule has 5 nitrogen and oxygen atoms in total. The first-order valence-electron chi connectivity index (χ1n) is 13.1. The summed E-state index contributed by atoms with van der Waals surface area (Å²) in [6.45, 7) is 5.35. The van der Waals surface area contributed by atoms with E-state index in [1.54, 1.807) is 44.2 Å². The normalized spacial score (nSPS) is 17.4. The highest BCUT2D eigenvalue weighted by Gasteiger charge is 2.50. The van der Waals surface area contributed by atoms with Crippen molar-refractivity contribution >= 4 is 17.4 Å². The number of halogens is 4. The molecule has 1 heterocycles. The third kappa shape index (κ3) is 6.53. The minimum Gasteiger partial charge on any atom is -0.481 e. The van der Waals surface area contributed by atoms with Crippen molar-refractivity contribution in [2.45, 2.75) is 58.9 Å². The van der Waals surface area contributed by atoms with Crippen LogP contribution in [0, 0.1) is 24.6 Å². The number of carbonyl (C=O) groups is 1. The van der Waals surface area contributed by atoms with E-state index in [0.29, 0.717) is 28.8 Å². The van der Waals surface area contributed by atoms with E-state index < -0.39 is 36.2 Å². The molecule has 0 spiro atoms. The largest absolute Gasteiger partial charge is 0.481 e. The number of rotatable bonds is 9. The Morgan fingerprint density at radius 1 is 1.02 bits per heavy atom. The first-order valence-corrected chi connectivity index (χ1v) is 13.1. The summed E-state index contributed by atoms with van der Waals surface area (Å²) in [5.74, 6) is -2.67. The Morgan fingerprint density at radius 2 is 1.70 bits per heavy atom. The van der Waals surface area contributed by atoms with E-state index in [0.717, 1.165) is 16.7 Å². The number of benzene rings is 3. The first kappa shape index (κ1) is 29.3. The smallest absolute Gasteiger partial charge is 0.431 e. The average Bonchev–Trinajstić information content (AvgIpc) is 3.23. The quantitative estimate of drug-likeness (QED) is 0.275. The maximum Gasteiger partial charge on any atom is 0.431 e. The number of hydrogen-bond donors (Lipinski definition) is 2. The Morgan fingerprint density at radius 3 is 2.27 bits per heavy atom. The summed E-state index contributed by atoms with van der Waals surface area (Å²) in [6, 6.07) is 16.1. The van der Waals surface area contributed by atoms with Gasteiger partial charge in [-0.05, 0) is 77.8 Å². The molecule has 1 aliphatic rings. The lowest BCUT2D eigenvalue weighted by Gasteiger charge is -2.28. The van der Waals surface area contributed by atoms with Gasteiger partial charge in [0.1, 0.15) is 11.5 Å². The summed E-state index contributed by atoms with van der Waals surface area (Å²) in [6.07, 6.45) is -4.40. The number of hydrogen-bond acceptors (Lipinski definition) is 4. The number of hydrazone groups is 1. The number of anilines is 1. The summed E-state index contributed by atoms with van der Waals surface area (Å²) >= 11 is 0. The second-order valence-corrected chi connectivity index (χ2v) is 10.7. The second-order valence-electron chi connectivity index (χ2n) is 10.7. The van der Waals surface area contributed by atoms with E-state index in [1.165, 1.54) is 17.1 Å². The maximum atomic E-state index is 14.4. The molecular formula is C31H32F4N2O3. The van der Waals surface area contributed by atoms with Gasteiger partial charge in [-0.3, -0.25) is 9.80 Å². The lowest BCUT2D eigenvalue weighted by molar-refractivity contribution is -0.137. The third-order valence-corrected chi connectivity index (χ3v) is 7.21. The molecule has 9 heteroatoms. The van der Waals surface area contributed by atoms with Crippen LogP contribution >= 0.6 is 0 Å². The van der Waals surface area contributed by atoms with Crippen molar-refractivity contribution in [3.8, 4) is 11.1 Å². The number of aryl methyl sites for hydroxylation is 1. The van der Waals surface area contributed by atoms with Crippen LogP contribution in [0.15, 0.2) is 65.8 Å². The van der Waals surface area contributed by atoms with Crippen LogP contribution in [0.5, 0.6) is 0 Å². The molecule has 212 valence electrons. The topological polar surface area (TPSA) is 73.1 Å². The summed E-state index contributed by atoms with van der Waals surface area (Å²) in [5.41, 5.74) is 4.01. The van der Waals surface area contributed by atoms with E-state index in [-0.39, 0.29) is 24.8 Å². The molecular weight excluding hydrogens is 524 g/mol. The van der Waals surface area contributed by atoms with Gasteiger partial charge in [-0.2, -0.15) is 18.3 Å². The van der Waals surface area contributed by atoms with Gasteiger partial charge in [-0.15, -0.1) is 0 Å². The molecule has 40 heavy (non-hydrogen) atoms. The minimum atomic E-state index is -4.66. The van der Waals surface area contributed by atoms with Crippen molar-refractivity contribution in [1.29, 1.82) is 0 Å². The molecule has 1 aliphatic heterocycles. The van der Waals surface area contributed by atoms with Gasteiger partial charge >= 0.3 is 12.1 Å². The fourth-order valence-electron chi connectivity index (χ4n) is 5.26. The monoisotopic (exact) mass is 556 g/mol. The van der Waals surface area contributed by atoms with Crippen molar-refractivity contribution in [3.63, 3.8) is 0 Å². The molecule has 0 saturated carbocycles. The summed E-state index contributed by atoms with van der Waals surface area (Å²) in [7, 11) is 0. The number of aliphatic hydroxyl groups excluding tert-OH is 1. The third-order valence-electron chi connectivity index (χ3n) is 7.21. The Balaban J connectivity index is 1.58. The standard InChI is InChI=1S/C31H32F4N2O3/c1-18(2)12-26-28(16-29(39)40)37(36-30(26)31(33,34)35)24-9-4-20(5-10-24)14-22-7-8-23(13-19(22)3)25-15-21(17-38)6-11-27(25)32/h4-11,13,15,18,26,28,38H,12,14,16-17H2,1-3H3,(H,39,40). The second kappa shape index (κ2) is 11.8. The van der Waals surface area contributed by atoms with Crippen LogP contribution in [0.4, 0.5) is 23.2 Å². The highest BCUT2D eigenvalue weighted by atomic mass is 19.4. The number of alkyl halides is 3. The van der Waals surface area contributed by atoms with Gasteiger partial charge in [0.05, 0.1) is 24.8 Å². The van der Waals surface area contributed by atoms with Crippen molar-refractivity contribution in [1.82, 2.24) is 0 Å². The Bertz CT molecular complexity index is 1400. The highest BCUT2D eigenvalue weighted by molar-refractivity contribution is 5.96. The van der Waals surface area contributed by atoms with E-state index in [1.807, 2.05) is 25.1 Å². The van der Waals surface area contributed by atoms with Gasteiger partial charge in [-0.25, -0.2) is 4.39 Å². The summed E-state index contributed by atoms with van der Waals surface area (Å²) < 4.78 is 56.0. The fraction of sp³-hybridized carbons (Fsp3) is 0.355. The van der Waals surface area contributed by atoms with E-state index in [4.69, 9.17) is 0 Å². The number of carboxylic acid groups (broad SMARTS) is 1. The van der Waals surface area contributed by atoms with Crippen molar-refractivity contribution < 1.29 is 32.6 Å². The Labute approximate surface area is 230 Å². The molecule has 0 saturated heterocycles. The SMILES string of the molecule is Cc1cc(-c2cc(CO)ccc2F)ccc1Cc1ccc(N2N=C(C(F)(F)F)C(CC(C)C)C2CC(=O)O)cc1. The van der Waals surface area contributed by atoms with Crippen molar-refractivity contribution in [2.24, 2.45) is 16.9 Å². The van der Waals surface area contributed by atoms with Crippen LogP contribution < -0.4 is 5.01 Å². The van der Waals surface area contributed by atoms with Crippen LogP contribution in [0.3, 0.4) is 0 Å². The van der Waals surface area contributed by atoms with Gasteiger partial charge in [0.2, 0.25) is 0 Å². The average molecular weight is 557 g/mol. The summed E-state index contributed by atoms with van der Waals surface area (Å²) in [4.78, 5) is 11.6. The molecule has 2 atom stereocenters. The van der Waals surface area contributed by atoms with Gasteiger partial charge in [0.25, 0.3) is 0 Å². The Hall–Kier alpha value is -3.72. The minimum absolute atomic E-state index is 0.0686. The van der Waals surface area contributed by atoms with Gasteiger partial charge in [0.15, 0.2) is 0 Å². The predicted octanol–water partition coefficient (Wildman–Crippen LogP) is 7.13. The fourth-order valence-corrected chi connectivity index (χ4v) is 5.26. The van der Waals surface area contributed by atoms with E-state index in [2.05, 4.69) is 5.10 Å². The molecule has 2 unspecified atom stereocenters. The van der Waals surface area contributed by atoms with Crippen molar-refractivity contribution in [3.05, 3.63) is 88.7 Å². The molecule has 0 aromatic heterocycles. The molecule has 4 rings (SSSR count). The number of nitrogens with zero attached hydrogens (tertiary/aromatic N) is 2. The van der Waals surface area contributed by atoms with Crippen LogP contribution in [0.1, 0.15) is 48.9 Å².